The molecule has 0 amide bonds. The fraction of sp³-hybridized carbons (Fsp3) is 0.647. The Labute approximate surface area is 124 Å². The summed E-state index contributed by atoms with van der Waals surface area (Å²) in [6.07, 6.45) is 4.67. The lowest BCUT2D eigenvalue weighted by Gasteiger charge is -2.42. The molecule has 1 aliphatic rings. The Bertz CT molecular complexity index is 429. The van der Waals surface area contributed by atoms with Crippen molar-refractivity contribution in [1.29, 1.82) is 0 Å². The SMILES string of the molecule is CC.CCC1(C(C)C)CCCc2ccc(B(O)O)cc21. The molecule has 0 saturated heterocycles. The Morgan fingerprint density at radius 2 is 1.90 bits per heavy atom. The summed E-state index contributed by atoms with van der Waals surface area (Å²) in [5.41, 5.74) is 3.56. The van der Waals surface area contributed by atoms with Gasteiger partial charge in [0.1, 0.15) is 0 Å². The van der Waals surface area contributed by atoms with Crippen molar-refractivity contribution in [2.75, 3.05) is 0 Å². The summed E-state index contributed by atoms with van der Waals surface area (Å²) in [7, 11) is -1.36. The number of fused-ring (bicyclic) bond motifs is 1. The molecular formula is C17H29BO2. The molecular weight excluding hydrogens is 247 g/mol. The van der Waals surface area contributed by atoms with Gasteiger partial charge in [-0.2, -0.15) is 0 Å². The summed E-state index contributed by atoms with van der Waals surface area (Å²) in [4.78, 5) is 0. The summed E-state index contributed by atoms with van der Waals surface area (Å²) in [6, 6.07) is 5.94. The molecule has 2 nitrogen and oxygen atoms in total. The first kappa shape index (κ1) is 17.3. The van der Waals surface area contributed by atoms with E-state index in [0.717, 1.165) is 12.8 Å². The maximum Gasteiger partial charge on any atom is 0.488 e. The van der Waals surface area contributed by atoms with Crippen molar-refractivity contribution in [3.63, 3.8) is 0 Å². The van der Waals surface area contributed by atoms with Crippen LogP contribution >= 0.6 is 0 Å². The van der Waals surface area contributed by atoms with E-state index in [-0.39, 0.29) is 5.41 Å². The molecule has 1 aromatic rings. The maximum atomic E-state index is 9.36. The first-order valence-corrected chi connectivity index (χ1v) is 8.00. The minimum atomic E-state index is -1.36. The molecule has 3 heteroatoms. The van der Waals surface area contributed by atoms with Gasteiger partial charge in [-0.3, -0.25) is 0 Å². The minimum Gasteiger partial charge on any atom is -0.423 e. The van der Waals surface area contributed by atoms with Gasteiger partial charge in [0.15, 0.2) is 0 Å². The van der Waals surface area contributed by atoms with Gasteiger partial charge in [-0.25, -0.2) is 0 Å². The molecule has 0 aliphatic heterocycles. The van der Waals surface area contributed by atoms with E-state index in [1.54, 1.807) is 0 Å². The van der Waals surface area contributed by atoms with Crippen LogP contribution in [0.1, 0.15) is 65.0 Å². The highest BCUT2D eigenvalue weighted by atomic mass is 16.4. The molecule has 0 radical (unpaired) electrons. The fourth-order valence-electron chi connectivity index (χ4n) is 3.54. The number of hydrogen-bond donors (Lipinski definition) is 2. The topological polar surface area (TPSA) is 40.5 Å². The van der Waals surface area contributed by atoms with E-state index in [9.17, 15) is 10.0 Å². The van der Waals surface area contributed by atoms with Crippen LogP contribution in [0.25, 0.3) is 0 Å². The van der Waals surface area contributed by atoms with Crippen LogP contribution in [0.2, 0.25) is 0 Å². The van der Waals surface area contributed by atoms with E-state index in [1.165, 1.54) is 24.0 Å². The average molecular weight is 276 g/mol. The summed E-state index contributed by atoms with van der Waals surface area (Å²) in [5, 5.41) is 18.7. The minimum absolute atomic E-state index is 0.207. The molecule has 1 atom stereocenters. The zero-order valence-corrected chi connectivity index (χ0v) is 13.6. The highest BCUT2D eigenvalue weighted by Crippen LogP contribution is 2.44. The molecule has 0 heterocycles. The van der Waals surface area contributed by atoms with Crippen molar-refractivity contribution >= 4 is 12.6 Å². The van der Waals surface area contributed by atoms with Gasteiger partial charge in [0, 0.05) is 0 Å². The van der Waals surface area contributed by atoms with Crippen molar-refractivity contribution in [3.8, 4) is 0 Å². The Hall–Kier alpha value is -0.795. The fourth-order valence-corrected chi connectivity index (χ4v) is 3.54. The molecule has 0 bridgehead atoms. The monoisotopic (exact) mass is 276 g/mol. The number of hydrogen-bond acceptors (Lipinski definition) is 2. The molecule has 0 saturated carbocycles. The summed E-state index contributed by atoms with van der Waals surface area (Å²) in [5.74, 6) is 0.577. The molecule has 112 valence electrons. The van der Waals surface area contributed by atoms with Gasteiger partial charge < -0.3 is 10.0 Å². The molecule has 0 aromatic heterocycles. The molecule has 2 N–H and O–H groups in total. The molecule has 20 heavy (non-hydrogen) atoms. The average Bonchev–Trinajstić information content (AvgIpc) is 2.47. The van der Waals surface area contributed by atoms with Crippen LogP contribution in [0, 0.1) is 5.92 Å². The molecule has 2 rings (SSSR count). The second-order valence-electron chi connectivity index (χ2n) is 5.81. The largest absolute Gasteiger partial charge is 0.488 e. The van der Waals surface area contributed by atoms with Crippen molar-refractivity contribution < 1.29 is 10.0 Å². The van der Waals surface area contributed by atoms with Crippen LogP contribution in [0.15, 0.2) is 18.2 Å². The smallest absolute Gasteiger partial charge is 0.423 e. The van der Waals surface area contributed by atoms with E-state index >= 15 is 0 Å². The molecule has 1 aliphatic carbocycles. The molecule has 0 spiro atoms. The predicted octanol–water partition coefficient (Wildman–Crippen LogP) is 3.03. The zero-order chi connectivity index (χ0) is 15.3. The van der Waals surface area contributed by atoms with Crippen molar-refractivity contribution in [2.45, 2.75) is 65.7 Å². The second-order valence-corrected chi connectivity index (χ2v) is 5.81. The van der Waals surface area contributed by atoms with Crippen molar-refractivity contribution in [1.82, 2.24) is 0 Å². The third-order valence-corrected chi connectivity index (χ3v) is 4.77. The van der Waals surface area contributed by atoms with E-state index < -0.39 is 7.12 Å². The quantitative estimate of drug-likeness (QED) is 0.833. The first-order chi connectivity index (χ1) is 9.51. The van der Waals surface area contributed by atoms with E-state index in [2.05, 4.69) is 26.8 Å². The molecule has 0 fully saturated rings. The van der Waals surface area contributed by atoms with E-state index in [4.69, 9.17) is 0 Å². The first-order valence-electron chi connectivity index (χ1n) is 8.00. The van der Waals surface area contributed by atoms with Crippen LogP contribution in [0.3, 0.4) is 0 Å². The highest BCUT2D eigenvalue weighted by Gasteiger charge is 2.38. The Morgan fingerprint density at radius 1 is 1.25 bits per heavy atom. The molecule has 1 aromatic carbocycles. The van der Waals surface area contributed by atoms with Gasteiger partial charge >= 0.3 is 7.12 Å². The summed E-state index contributed by atoms with van der Waals surface area (Å²) < 4.78 is 0. The third kappa shape index (κ3) is 3.10. The van der Waals surface area contributed by atoms with Crippen LogP contribution in [0.4, 0.5) is 0 Å². The van der Waals surface area contributed by atoms with Crippen LogP contribution in [0.5, 0.6) is 0 Å². The summed E-state index contributed by atoms with van der Waals surface area (Å²) >= 11 is 0. The Kier molecular flexibility index (Phi) is 6.28. The van der Waals surface area contributed by atoms with Crippen molar-refractivity contribution in [3.05, 3.63) is 29.3 Å². The molecule has 1 unspecified atom stereocenters. The Balaban J connectivity index is 0.000000956. The van der Waals surface area contributed by atoms with Crippen molar-refractivity contribution in [2.24, 2.45) is 5.92 Å². The number of aryl methyl sites for hydroxylation is 1. The van der Waals surface area contributed by atoms with Gasteiger partial charge in [-0.15, -0.1) is 0 Å². The van der Waals surface area contributed by atoms with E-state index in [0.29, 0.717) is 11.4 Å². The zero-order valence-electron chi connectivity index (χ0n) is 13.6. The second kappa shape index (κ2) is 7.28. The lowest BCUT2D eigenvalue weighted by atomic mass is 9.61. The third-order valence-electron chi connectivity index (χ3n) is 4.77. The number of benzene rings is 1. The number of rotatable bonds is 3. The summed E-state index contributed by atoms with van der Waals surface area (Å²) in [6.45, 7) is 10.8. The van der Waals surface area contributed by atoms with Crippen LogP contribution in [-0.4, -0.2) is 17.2 Å². The van der Waals surface area contributed by atoms with Gasteiger partial charge in [0.25, 0.3) is 0 Å². The lowest BCUT2D eigenvalue weighted by Crippen LogP contribution is -2.38. The predicted molar refractivity (Wildman–Crippen MR) is 87.4 cm³/mol. The van der Waals surface area contributed by atoms with Gasteiger partial charge in [0.2, 0.25) is 0 Å². The Morgan fingerprint density at radius 3 is 2.40 bits per heavy atom. The van der Waals surface area contributed by atoms with Crippen LogP contribution in [-0.2, 0) is 11.8 Å². The van der Waals surface area contributed by atoms with Gasteiger partial charge in [-0.05, 0) is 53.6 Å². The van der Waals surface area contributed by atoms with E-state index in [1.807, 2.05) is 26.0 Å². The van der Waals surface area contributed by atoms with Crippen LogP contribution < -0.4 is 5.46 Å². The highest BCUT2D eigenvalue weighted by molar-refractivity contribution is 6.58. The standard InChI is InChI=1S/C15H23BO2.C2H6/c1-4-15(11(2)3)9-5-6-12-7-8-13(16(17)18)10-14(12)15;1-2/h7-8,10-11,17-18H,4-6,9H2,1-3H3;1-2H3. The lowest BCUT2D eigenvalue weighted by molar-refractivity contribution is 0.253. The van der Waals surface area contributed by atoms with Gasteiger partial charge in [-0.1, -0.05) is 52.8 Å². The van der Waals surface area contributed by atoms with Gasteiger partial charge in [0.05, 0.1) is 0 Å². The normalized spacial score (nSPS) is 21.0. The maximum absolute atomic E-state index is 9.36.